The lowest BCUT2D eigenvalue weighted by molar-refractivity contribution is -0.139. The molecule has 2 N–H and O–H groups in total. The predicted octanol–water partition coefficient (Wildman–Crippen LogP) is 2.34. The summed E-state index contributed by atoms with van der Waals surface area (Å²) in [4.78, 5) is 27.5. The monoisotopic (exact) mass is 359 g/mol. The lowest BCUT2D eigenvalue weighted by atomic mass is 9.74. The van der Waals surface area contributed by atoms with Crippen LogP contribution in [-0.4, -0.2) is 32.7 Å². The molecule has 0 aliphatic heterocycles. The number of carbonyl (C=O) groups excluding carboxylic acids is 1. The first kappa shape index (κ1) is 17.9. The van der Waals surface area contributed by atoms with Gasteiger partial charge in [0.2, 0.25) is 11.7 Å². The number of rotatable bonds is 8. The maximum absolute atomic E-state index is 12.4. The minimum absolute atomic E-state index is 0.0512. The Morgan fingerprint density at radius 2 is 2.04 bits per heavy atom. The van der Waals surface area contributed by atoms with Gasteiger partial charge in [-0.15, -0.1) is 0 Å². The number of benzene rings is 1. The second kappa shape index (κ2) is 7.55. The number of aryl methyl sites for hydroxylation is 1. The van der Waals surface area contributed by atoms with Gasteiger partial charge in [0.05, 0.1) is 12.0 Å². The Bertz CT molecular complexity index is 780. The zero-order valence-electron chi connectivity index (χ0n) is 14.5. The molecule has 1 aromatic carbocycles. The van der Waals surface area contributed by atoms with Gasteiger partial charge in [0.15, 0.2) is 6.61 Å². The SMILES string of the molecule is CCc1nc(COc2ccc(C(=O)NC3(CC(=O)O)CCC3)cc2)no1. The summed E-state index contributed by atoms with van der Waals surface area (Å²) < 4.78 is 10.6. The summed E-state index contributed by atoms with van der Waals surface area (Å²) in [5, 5.41) is 15.7. The van der Waals surface area contributed by atoms with Crippen molar-refractivity contribution in [2.75, 3.05) is 0 Å². The normalized spacial score (nSPS) is 15.1. The topological polar surface area (TPSA) is 115 Å². The smallest absolute Gasteiger partial charge is 0.305 e. The van der Waals surface area contributed by atoms with Crippen LogP contribution in [0.1, 0.15) is 54.7 Å². The molecule has 1 amide bonds. The highest BCUT2D eigenvalue weighted by atomic mass is 16.5. The quantitative estimate of drug-likeness (QED) is 0.743. The number of aliphatic carboxylic acids is 1. The summed E-state index contributed by atoms with van der Waals surface area (Å²) in [5.41, 5.74) is -0.157. The van der Waals surface area contributed by atoms with E-state index >= 15 is 0 Å². The molecule has 26 heavy (non-hydrogen) atoms. The van der Waals surface area contributed by atoms with Crippen molar-refractivity contribution < 1.29 is 24.0 Å². The van der Waals surface area contributed by atoms with Crippen molar-refractivity contribution in [1.29, 1.82) is 0 Å². The molecule has 1 aliphatic rings. The van der Waals surface area contributed by atoms with Crippen LogP contribution in [0.4, 0.5) is 0 Å². The van der Waals surface area contributed by atoms with Gasteiger partial charge in [0.25, 0.3) is 5.91 Å². The lowest BCUT2D eigenvalue weighted by Gasteiger charge is -2.41. The first-order valence-electron chi connectivity index (χ1n) is 8.58. The van der Waals surface area contributed by atoms with Crippen molar-refractivity contribution in [3.8, 4) is 5.75 Å². The van der Waals surface area contributed by atoms with Gasteiger partial charge in [-0.05, 0) is 43.5 Å². The molecule has 2 aromatic rings. The van der Waals surface area contributed by atoms with Crippen LogP contribution < -0.4 is 10.1 Å². The fourth-order valence-electron chi connectivity index (χ4n) is 2.89. The maximum atomic E-state index is 12.4. The Kier molecular flexibility index (Phi) is 5.20. The molecule has 1 aromatic heterocycles. The van der Waals surface area contributed by atoms with Crippen LogP contribution in [0, 0.1) is 0 Å². The van der Waals surface area contributed by atoms with Crippen LogP contribution in [0.5, 0.6) is 5.75 Å². The van der Waals surface area contributed by atoms with Gasteiger partial charge in [-0.3, -0.25) is 9.59 Å². The van der Waals surface area contributed by atoms with Crippen LogP contribution in [0.25, 0.3) is 0 Å². The zero-order valence-corrected chi connectivity index (χ0v) is 14.5. The summed E-state index contributed by atoms with van der Waals surface area (Å²) >= 11 is 0. The third-order valence-electron chi connectivity index (χ3n) is 4.48. The highest BCUT2D eigenvalue weighted by Crippen LogP contribution is 2.35. The van der Waals surface area contributed by atoms with Crippen LogP contribution in [0.2, 0.25) is 0 Å². The number of amides is 1. The Labute approximate surface area is 150 Å². The van der Waals surface area contributed by atoms with Crippen LogP contribution in [0.3, 0.4) is 0 Å². The second-order valence-corrected chi connectivity index (χ2v) is 6.43. The van der Waals surface area contributed by atoms with E-state index in [1.54, 1.807) is 24.3 Å². The number of carboxylic acids is 1. The largest absolute Gasteiger partial charge is 0.485 e. The summed E-state index contributed by atoms with van der Waals surface area (Å²) in [5.74, 6) is 0.421. The lowest BCUT2D eigenvalue weighted by Crippen LogP contribution is -2.54. The molecule has 3 rings (SSSR count). The Morgan fingerprint density at radius 1 is 1.31 bits per heavy atom. The number of ether oxygens (including phenoxy) is 1. The van der Waals surface area contributed by atoms with Gasteiger partial charge in [0, 0.05) is 12.0 Å². The third-order valence-corrected chi connectivity index (χ3v) is 4.48. The van der Waals surface area contributed by atoms with Gasteiger partial charge in [-0.25, -0.2) is 0 Å². The van der Waals surface area contributed by atoms with Crippen molar-refractivity contribution >= 4 is 11.9 Å². The van der Waals surface area contributed by atoms with Crippen molar-refractivity contribution in [2.24, 2.45) is 0 Å². The first-order chi connectivity index (χ1) is 12.5. The summed E-state index contributed by atoms with van der Waals surface area (Å²) in [7, 11) is 0. The van der Waals surface area contributed by atoms with Gasteiger partial charge in [0.1, 0.15) is 5.75 Å². The predicted molar refractivity (Wildman–Crippen MR) is 90.8 cm³/mol. The van der Waals surface area contributed by atoms with Gasteiger partial charge >= 0.3 is 5.97 Å². The number of nitrogens with zero attached hydrogens (tertiary/aromatic N) is 2. The molecule has 1 fully saturated rings. The van der Waals surface area contributed by atoms with Gasteiger partial charge in [-0.1, -0.05) is 12.1 Å². The van der Waals surface area contributed by atoms with Crippen molar-refractivity contribution in [2.45, 2.75) is 51.2 Å². The van der Waals surface area contributed by atoms with Crippen LogP contribution in [-0.2, 0) is 17.8 Å². The molecule has 8 heteroatoms. The number of hydrogen-bond donors (Lipinski definition) is 2. The minimum atomic E-state index is -0.901. The van der Waals surface area contributed by atoms with Crippen molar-refractivity contribution in [1.82, 2.24) is 15.5 Å². The number of nitrogens with one attached hydrogen (secondary N) is 1. The van der Waals surface area contributed by atoms with E-state index in [-0.39, 0.29) is 18.9 Å². The van der Waals surface area contributed by atoms with E-state index in [4.69, 9.17) is 14.4 Å². The highest BCUT2D eigenvalue weighted by molar-refractivity contribution is 5.95. The van der Waals surface area contributed by atoms with Crippen LogP contribution in [0.15, 0.2) is 28.8 Å². The summed E-state index contributed by atoms with van der Waals surface area (Å²) in [6.45, 7) is 2.10. The van der Waals surface area contributed by atoms with Crippen molar-refractivity contribution in [3.05, 3.63) is 41.5 Å². The van der Waals surface area contributed by atoms with Crippen LogP contribution >= 0.6 is 0 Å². The molecule has 0 atom stereocenters. The average Bonchev–Trinajstić information content (AvgIpc) is 3.06. The number of carboxylic acid groups (broad SMARTS) is 1. The zero-order chi connectivity index (χ0) is 18.6. The number of hydrogen-bond acceptors (Lipinski definition) is 6. The van der Waals surface area contributed by atoms with E-state index in [9.17, 15) is 9.59 Å². The van der Waals surface area contributed by atoms with E-state index in [1.807, 2.05) is 6.92 Å². The molecule has 0 unspecified atom stereocenters. The molecule has 0 bridgehead atoms. The molecular weight excluding hydrogens is 338 g/mol. The highest BCUT2D eigenvalue weighted by Gasteiger charge is 2.40. The molecule has 0 radical (unpaired) electrons. The van der Waals surface area contributed by atoms with E-state index in [0.29, 0.717) is 42.3 Å². The molecule has 1 aliphatic carbocycles. The van der Waals surface area contributed by atoms with Gasteiger partial charge < -0.3 is 19.7 Å². The van der Waals surface area contributed by atoms with Gasteiger partial charge in [-0.2, -0.15) is 4.98 Å². The standard InChI is InChI=1S/C18H21N3O5/c1-2-15-19-14(21-26-15)11-25-13-6-4-12(5-7-13)17(24)20-18(8-3-9-18)10-16(22)23/h4-7H,2-3,8-11H2,1H3,(H,20,24)(H,22,23). The Morgan fingerprint density at radius 3 is 2.58 bits per heavy atom. The van der Waals surface area contributed by atoms with E-state index in [2.05, 4.69) is 15.5 Å². The van der Waals surface area contributed by atoms with E-state index in [1.165, 1.54) is 0 Å². The Hall–Kier alpha value is -2.90. The maximum Gasteiger partial charge on any atom is 0.305 e. The Balaban J connectivity index is 1.56. The molecule has 0 saturated heterocycles. The fourth-order valence-corrected chi connectivity index (χ4v) is 2.89. The molecule has 1 saturated carbocycles. The number of aromatic nitrogens is 2. The fraction of sp³-hybridized carbons (Fsp3) is 0.444. The second-order valence-electron chi connectivity index (χ2n) is 6.43. The van der Waals surface area contributed by atoms with E-state index in [0.717, 1.165) is 6.42 Å². The third kappa shape index (κ3) is 4.19. The van der Waals surface area contributed by atoms with Crippen molar-refractivity contribution in [3.63, 3.8) is 0 Å². The minimum Gasteiger partial charge on any atom is -0.485 e. The first-order valence-corrected chi connectivity index (χ1v) is 8.58. The summed E-state index contributed by atoms with van der Waals surface area (Å²) in [6, 6.07) is 6.65. The molecule has 138 valence electrons. The molecular formula is C18H21N3O5. The summed E-state index contributed by atoms with van der Waals surface area (Å²) in [6.07, 6.45) is 2.92. The average molecular weight is 359 g/mol. The molecule has 0 spiro atoms. The molecule has 1 heterocycles. The molecule has 8 nitrogen and oxygen atoms in total. The number of carbonyl (C=O) groups is 2. The van der Waals surface area contributed by atoms with E-state index < -0.39 is 11.5 Å².